The number of sulfone groups is 1. The molecule has 1 heterocycles. The molecular formula is C13H20N2O4S2. The Hall–Kier alpha value is -0.960. The van der Waals surface area contributed by atoms with E-state index in [9.17, 15) is 16.8 Å². The van der Waals surface area contributed by atoms with E-state index in [1.54, 1.807) is 30.3 Å². The van der Waals surface area contributed by atoms with E-state index in [2.05, 4.69) is 0 Å². The van der Waals surface area contributed by atoms with E-state index in [0.717, 1.165) is 0 Å². The van der Waals surface area contributed by atoms with Gasteiger partial charge in [-0.25, -0.2) is 16.8 Å². The Morgan fingerprint density at radius 1 is 0.952 bits per heavy atom. The first kappa shape index (κ1) is 16.4. The molecule has 0 saturated carbocycles. The summed E-state index contributed by atoms with van der Waals surface area (Å²) in [4.78, 5) is 2.28. The van der Waals surface area contributed by atoms with Crippen LogP contribution in [0.25, 0.3) is 0 Å². The maximum absolute atomic E-state index is 12.4. The molecule has 0 aliphatic carbocycles. The molecule has 1 fully saturated rings. The zero-order valence-corrected chi connectivity index (χ0v) is 13.6. The zero-order valence-electron chi connectivity index (χ0n) is 12.0. The summed E-state index contributed by atoms with van der Waals surface area (Å²) in [7, 11) is -6.42. The molecule has 21 heavy (non-hydrogen) atoms. The molecule has 0 atom stereocenters. The van der Waals surface area contributed by atoms with Crippen molar-refractivity contribution >= 4 is 19.9 Å². The van der Waals surface area contributed by atoms with Gasteiger partial charge in [0.1, 0.15) is 9.84 Å². The molecule has 0 bridgehead atoms. The van der Waals surface area contributed by atoms with E-state index in [1.807, 2.05) is 4.90 Å². The van der Waals surface area contributed by atoms with Crippen molar-refractivity contribution in [1.82, 2.24) is 9.21 Å². The van der Waals surface area contributed by atoms with E-state index in [4.69, 9.17) is 0 Å². The molecule has 1 aromatic carbocycles. The van der Waals surface area contributed by atoms with E-state index in [1.165, 1.54) is 10.6 Å². The van der Waals surface area contributed by atoms with Gasteiger partial charge in [-0.3, -0.25) is 4.90 Å². The zero-order chi connectivity index (χ0) is 15.5. The molecular weight excluding hydrogens is 312 g/mol. The minimum Gasteiger partial charge on any atom is -0.300 e. The Labute approximate surface area is 126 Å². The first-order chi connectivity index (χ1) is 9.79. The minimum absolute atomic E-state index is 0.110. The Morgan fingerprint density at radius 3 is 2.05 bits per heavy atom. The van der Waals surface area contributed by atoms with Gasteiger partial charge in [0.05, 0.1) is 10.6 Å². The molecule has 0 aromatic heterocycles. The monoisotopic (exact) mass is 332 g/mol. The molecule has 0 N–H and O–H groups in total. The van der Waals surface area contributed by atoms with Gasteiger partial charge in [-0.1, -0.05) is 18.2 Å². The number of sulfonamides is 1. The first-order valence-electron chi connectivity index (χ1n) is 6.74. The number of benzene rings is 1. The second-order valence-corrected chi connectivity index (χ2v) is 9.39. The number of hydrogen-bond acceptors (Lipinski definition) is 5. The average molecular weight is 332 g/mol. The fourth-order valence-corrected chi connectivity index (χ4v) is 4.26. The molecule has 1 aliphatic heterocycles. The molecule has 118 valence electrons. The van der Waals surface area contributed by atoms with E-state index in [0.29, 0.717) is 37.6 Å². The third-order valence-corrected chi connectivity index (χ3v) is 6.33. The van der Waals surface area contributed by atoms with Crippen molar-refractivity contribution in [2.45, 2.75) is 4.90 Å². The van der Waals surface area contributed by atoms with Gasteiger partial charge >= 0.3 is 0 Å². The summed E-state index contributed by atoms with van der Waals surface area (Å²) in [6, 6.07) is 8.36. The summed E-state index contributed by atoms with van der Waals surface area (Å²) < 4.78 is 48.6. The van der Waals surface area contributed by atoms with Gasteiger partial charge in [-0.15, -0.1) is 0 Å². The molecule has 1 aromatic rings. The van der Waals surface area contributed by atoms with Gasteiger partial charge in [0.25, 0.3) is 0 Å². The molecule has 8 heteroatoms. The lowest BCUT2D eigenvalue weighted by Gasteiger charge is -2.33. The van der Waals surface area contributed by atoms with Gasteiger partial charge in [0.2, 0.25) is 10.0 Å². The summed E-state index contributed by atoms with van der Waals surface area (Å²) in [5, 5.41) is 0. The Morgan fingerprint density at radius 2 is 1.52 bits per heavy atom. The smallest absolute Gasteiger partial charge is 0.243 e. The predicted octanol–water partition coefficient (Wildman–Crippen LogP) is 0.0375. The van der Waals surface area contributed by atoms with Gasteiger partial charge in [0.15, 0.2) is 0 Å². The molecule has 0 spiro atoms. The molecule has 1 saturated heterocycles. The number of hydrogen-bond donors (Lipinski definition) is 0. The molecule has 6 nitrogen and oxygen atoms in total. The van der Waals surface area contributed by atoms with E-state index in [-0.39, 0.29) is 5.75 Å². The highest BCUT2D eigenvalue weighted by Crippen LogP contribution is 2.17. The van der Waals surface area contributed by atoms with Crippen LogP contribution in [0.2, 0.25) is 0 Å². The van der Waals surface area contributed by atoms with Crippen molar-refractivity contribution in [2.24, 2.45) is 0 Å². The van der Waals surface area contributed by atoms with Crippen LogP contribution in [0.3, 0.4) is 0 Å². The highest BCUT2D eigenvalue weighted by atomic mass is 32.2. The highest BCUT2D eigenvalue weighted by molar-refractivity contribution is 7.90. The van der Waals surface area contributed by atoms with Crippen LogP contribution in [-0.4, -0.2) is 70.8 Å². The van der Waals surface area contributed by atoms with Crippen molar-refractivity contribution in [2.75, 3.05) is 44.7 Å². The highest BCUT2D eigenvalue weighted by Gasteiger charge is 2.28. The van der Waals surface area contributed by atoms with Crippen molar-refractivity contribution in [3.05, 3.63) is 30.3 Å². The largest absolute Gasteiger partial charge is 0.300 e. The van der Waals surface area contributed by atoms with Crippen LogP contribution in [0.15, 0.2) is 35.2 Å². The lowest BCUT2D eigenvalue weighted by Crippen LogP contribution is -2.49. The number of rotatable bonds is 5. The summed E-state index contributed by atoms with van der Waals surface area (Å²) in [5.41, 5.74) is 0. The lowest BCUT2D eigenvalue weighted by atomic mass is 10.4. The maximum atomic E-state index is 12.4. The van der Waals surface area contributed by atoms with Crippen molar-refractivity contribution in [3.63, 3.8) is 0 Å². The summed E-state index contributed by atoms with van der Waals surface area (Å²) in [6.07, 6.45) is 1.21. The van der Waals surface area contributed by atoms with Gasteiger partial charge in [0, 0.05) is 39.0 Å². The van der Waals surface area contributed by atoms with Crippen LogP contribution >= 0.6 is 0 Å². The van der Waals surface area contributed by atoms with Crippen LogP contribution < -0.4 is 0 Å². The molecule has 2 rings (SSSR count). The van der Waals surface area contributed by atoms with Crippen molar-refractivity contribution < 1.29 is 16.8 Å². The van der Waals surface area contributed by atoms with Crippen LogP contribution in [0.1, 0.15) is 0 Å². The first-order valence-corrected chi connectivity index (χ1v) is 10.2. The fourth-order valence-electron chi connectivity index (χ4n) is 2.23. The normalized spacial score (nSPS) is 18.7. The van der Waals surface area contributed by atoms with Gasteiger partial charge in [-0.2, -0.15) is 4.31 Å². The summed E-state index contributed by atoms with van der Waals surface area (Å²) in [6.45, 7) is 2.35. The Bertz CT molecular complexity index is 663. The second kappa shape index (κ2) is 6.43. The third-order valence-electron chi connectivity index (χ3n) is 3.49. The Kier molecular flexibility index (Phi) is 5.03. The molecule has 0 amide bonds. The SMILES string of the molecule is CS(=O)(=O)CCN1CCN(S(=O)(=O)c2ccccc2)CC1. The lowest BCUT2D eigenvalue weighted by molar-refractivity contribution is 0.197. The number of nitrogens with zero attached hydrogens (tertiary/aromatic N) is 2. The molecule has 0 radical (unpaired) electrons. The van der Waals surface area contributed by atoms with Crippen LogP contribution in [0.4, 0.5) is 0 Å². The predicted molar refractivity (Wildman–Crippen MR) is 81.4 cm³/mol. The number of piperazine rings is 1. The summed E-state index contributed by atoms with van der Waals surface area (Å²) >= 11 is 0. The molecule has 0 unspecified atom stereocenters. The van der Waals surface area contributed by atoms with E-state index >= 15 is 0 Å². The standard InChI is InChI=1S/C13H20N2O4S2/c1-20(16,17)12-11-14-7-9-15(10-8-14)21(18,19)13-5-3-2-4-6-13/h2-6H,7-12H2,1H3. The average Bonchev–Trinajstić information content (AvgIpc) is 2.46. The van der Waals surface area contributed by atoms with Gasteiger partial charge in [-0.05, 0) is 12.1 Å². The van der Waals surface area contributed by atoms with Crippen molar-refractivity contribution in [1.29, 1.82) is 0 Å². The maximum Gasteiger partial charge on any atom is 0.243 e. The topological polar surface area (TPSA) is 74.8 Å². The summed E-state index contributed by atoms with van der Waals surface area (Å²) in [5.74, 6) is 0.110. The van der Waals surface area contributed by atoms with Crippen molar-refractivity contribution in [3.8, 4) is 0 Å². The van der Waals surface area contributed by atoms with Crippen LogP contribution in [-0.2, 0) is 19.9 Å². The van der Waals surface area contributed by atoms with Crippen LogP contribution in [0.5, 0.6) is 0 Å². The molecule has 1 aliphatic rings. The Balaban J connectivity index is 1.95. The third kappa shape index (κ3) is 4.50. The van der Waals surface area contributed by atoms with E-state index < -0.39 is 19.9 Å². The van der Waals surface area contributed by atoms with Gasteiger partial charge < -0.3 is 0 Å². The minimum atomic E-state index is -3.44. The quantitative estimate of drug-likeness (QED) is 0.761. The van der Waals surface area contributed by atoms with Crippen LogP contribution in [0, 0.1) is 0 Å². The fraction of sp³-hybridized carbons (Fsp3) is 0.538. The second-order valence-electron chi connectivity index (χ2n) is 5.19.